The second-order valence-electron chi connectivity index (χ2n) is 4.80. The zero-order chi connectivity index (χ0) is 15.4. The fourth-order valence-electron chi connectivity index (χ4n) is 1.74. The van der Waals surface area contributed by atoms with Gasteiger partial charge in [-0.25, -0.2) is 4.39 Å². The van der Waals surface area contributed by atoms with Crippen LogP contribution in [0.4, 0.5) is 15.8 Å². The molecule has 0 radical (unpaired) electrons. The Morgan fingerprint density at radius 1 is 1.24 bits per heavy atom. The van der Waals surface area contributed by atoms with E-state index in [4.69, 9.17) is 5.73 Å². The lowest BCUT2D eigenvalue weighted by Gasteiger charge is -2.12. The molecule has 0 aromatic heterocycles. The molecule has 1 atom stereocenters. The molecule has 0 aliphatic carbocycles. The largest absolute Gasteiger partial charge is 0.396 e. The van der Waals surface area contributed by atoms with E-state index >= 15 is 0 Å². The van der Waals surface area contributed by atoms with Crippen LogP contribution in [0.2, 0.25) is 0 Å². The predicted octanol–water partition coefficient (Wildman–Crippen LogP) is 3.84. The van der Waals surface area contributed by atoms with E-state index in [0.29, 0.717) is 5.69 Å². The predicted molar refractivity (Wildman–Crippen MR) is 85.9 cm³/mol. The lowest BCUT2D eigenvalue weighted by Crippen LogP contribution is -2.22. The molecule has 0 spiro atoms. The minimum Gasteiger partial charge on any atom is -0.396 e. The van der Waals surface area contributed by atoms with Gasteiger partial charge < -0.3 is 11.1 Å². The van der Waals surface area contributed by atoms with Crippen molar-refractivity contribution in [2.75, 3.05) is 11.1 Å². The van der Waals surface area contributed by atoms with Crippen LogP contribution in [0.15, 0.2) is 47.4 Å². The highest BCUT2D eigenvalue weighted by molar-refractivity contribution is 8.00. The molecule has 3 N–H and O–H groups in total. The number of carbonyl (C=O) groups excluding carboxylic acids is 1. The number of carbonyl (C=O) groups is 1. The number of amides is 1. The molecule has 2 aromatic carbocycles. The number of hydrogen-bond acceptors (Lipinski definition) is 3. The summed E-state index contributed by atoms with van der Waals surface area (Å²) in [5.74, 6) is -0.637. The van der Waals surface area contributed by atoms with Crippen molar-refractivity contribution in [3.63, 3.8) is 0 Å². The van der Waals surface area contributed by atoms with Crippen molar-refractivity contribution in [2.45, 2.75) is 24.0 Å². The molecule has 1 amide bonds. The summed E-state index contributed by atoms with van der Waals surface area (Å²) < 4.78 is 13.1. The third-order valence-corrected chi connectivity index (χ3v) is 4.08. The maximum absolute atomic E-state index is 13.1. The van der Waals surface area contributed by atoms with Crippen molar-refractivity contribution in [3.8, 4) is 0 Å². The number of rotatable bonds is 4. The summed E-state index contributed by atoms with van der Waals surface area (Å²) in [7, 11) is 0. The second-order valence-corrected chi connectivity index (χ2v) is 6.21. The highest BCUT2D eigenvalue weighted by Gasteiger charge is 2.15. The number of anilines is 2. The Bertz CT molecular complexity index is 643. The summed E-state index contributed by atoms with van der Waals surface area (Å²) in [6.07, 6.45) is 0. The van der Waals surface area contributed by atoms with E-state index in [1.807, 2.05) is 38.1 Å². The molecular formula is C16H17FN2OS. The van der Waals surface area contributed by atoms with E-state index in [9.17, 15) is 9.18 Å². The number of thioether (sulfide) groups is 1. The summed E-state index contributed by atoms with van der Waals surface area (Å²) in [5, 5.41) is 2.47. The van der Waals surface area contributed by atoms with Crippen LogP contribution in [0.3, 0.4) is 0 Å². The third kappa shape index (κ3) is 4.23. The van der Waals surface area contributed by atoms with E-state index < -0.39 is 5.82 Å². The normalized spacial score (nSPS) is 12.0. The number of nitrogens with two attached hydrogens (primary N) is 1. The molecule has 0 heterocycles. The first kappa shape index (κ1) is 15.4. The molecule has 2 aromatic rings. The molecule has 1 unspecified atom stereocenters. The number of nitrogen functional groups attached to an aromatic ring is 1. The molecule has 2 rings (SSSR count). The number of benzene rings is 2. The van der Waals surface area contributed by atoms with Crippen LogP contribution in [-0.2, 0) is 4.79 Å². The summed E-state index contributed by atoms with van der Waals surface area (Å²) in [4.78, 5) is 13.1. The molecule has 0 saturated carbocycles. The van der Waals surface area contributed by atoms with E-state index in [1.165, 1.54) is 35.5 Å². The molecule has 0 bridgehead atoms. The average Bonchev–Trinajstić information content (AvgIpc) is 2.45. The molecular weight excluding hydrogens is 287 g/mol. The summed E-state index contributed by atoms with van der Waals surface area (Å²) in [5.41, 5.74) is 7.17. The van der Waals surface area contributed by atoms with Crippen LogP contribution in [0.5, 0.6) is 0 Å². The highest BCUT2D eigenvalue weighted by atomic mass is 32.2. The third-order valence-electron chi connectivity index (χ3n) is 2.97. The highest BCUT2D eigenvalue weighted by Crippen LogP contribution is 2.25. The van der Waals surface area contributed by atoms with Gasteiger partial charge in [0.25, 0.3) is 0 Å². The summed E-state index contributed by atoms with van der Waals surface area (Å²) >= 11 is 1.47. The fraction of sp³-hybridized carbons (Fsp3) is 0.188. The van der Waals surface area contributed by atoms with Gasteiger partial charge in [-0.05, 0) is 44.2 Å². The van der Waals surface area contributed by atoms with Gasteiger partial charge in [-0.1, -0.05) is 17.7 Å². The van der Waals surface area contributed by atoms with Gasteiger partial charge >= 0.3 is 0 Å². The summed E-state index contributed by atoms with van der Waals surface area (Å²) in [6, 6.07) is 12.1. The second kappa shape index (κ2) is 6.63. The van der Waals surface area contributed by atoms with Gasteiger partial charge in [0.15, 0.2) is 0 Å². The van der Waals surface area contributed by atoms with Crippen LogP contribution in [0, 0.1) is 12.7 Å². The molecule has 3 nitrogen and oxygen atoms in total. The molecule has 0 aliphatic heterocycles. The topological polar surface area (TPSA) is 55.1 Å². The van der Waals surface area contributed by atoms with Gasteiger partial charge in [0, 0.05) is 10.6 Å². The lowest BCUT2D eigenvalue weighted by atomic mass is 10.2. The molecule has 0 fully saturated rings. The smallest absolute Gasteiger partial charge is 0.237 e. The van der Waals surface area contributed by atoms with Gasteiger partial charge in [0.2, 0.25) is 5.91 Å². The van der Waals surface area contributed by atoms with Crippen LogP contribution < -0.4 is 11.1 Å². The van der Waals surface area contributed by atoms with Crippen molar-refractivity contribution in [1.82, 2.24) is 0 Å². The van der Waals surface area contributed by atoms with Crippen molar-refractivity contribution < 1.29 is 9.18 Å². The Balaban J connectivity index is 1.98. The van der Waals surface area contributed by atoms with E-state index in [2.05, 4.69) is 5.32 Å². The van der Waals surface area contributed by atoms with E-state index in [-0.39, 0.29) is 16.8 Å². The van der Waals surface area contributed by atoms with Crippen LogP contribution in [0.25, 0.3) is 0 Å². The minimum atomic E-state index is -0.491. The first-order valence-corrected chi connectivity index (χ1v) is 7.43. The Kier molecular flexibility index (Phi) is 4.85. The first-order chi connectivity index (χ1) is 9.95. The van der Waals surface area contributed by atoms with E-state index in [1.54, 1.807) is 0 Å². The van der Waals surface area contributed by atoms with Crippen molar-refractivity contribution in [3.05, 3.63) is 53.8 Å². The average molecular weight is 304 g/mol. The fourth-order valence-corrected chi connectivity index (χ4v) is 2.61. The van der Waals surface area contributed by atoms with Crippen LogP contribution in [-0.4, -0.2) is 11.2 Å². The number of hydrogen-bond donors (Lipinski definition) is 2. The Labute approximate surface area is 127 Å². The van der Waals surface area contributed by atoms with Crippen LogP contribution >= 0.6 is 11.8 Å². The minimum absolute atomic E-state index is 0.0200. The zero-order valence-electron chi connectivity index (χ0n) is 11.9. The number of nitrogens with one attached hydrogen (secondary N) is 1. The van der Waals surface area contributed by atoms with Crippen molar-refractivity contribution in [2.24, 2.45) is 0 Å². The standard InChI is InChI=1S/C16H17FN2OS/c1-10-3-6-13(7-4-10)21-11(2)16(20)19-12-5-8-14(17)15(18)9-12/h3-9,11H,18H2,1-2H3,(H,19,20). The van der Waals surface area contributed by atoms with Gasteiger partial charge in [-0.15, -0.1) is 11.8 Å². The monoisotopic (exact) mass is 304 g/mol. The van der Waals surface area contributed by atoms with Gasteiger partial charge in [-0.3, -0.25) is 4.79 Å². The summed E-state index contributed by atoms with van der Waals surface area (Å²) in [6.45, 7) is 3.84. The number of halogens is 1. The van der Waals surface area contributed by atoms with Crippen LogP contribution in [0.1, 0.15) is 12.5 Å². The van der Waals surface area contributed by atoms with Crippen molar-refractivity contribution >= 4 is 29.0 Å². The van der Waals surface area contributed by atoms with Crippen molar-refractivity contribution in [1.29, 1.82) is 0 Å². The maximum Gasteiger partial charge on any atom is 0.237 e. The van der Waals surface area contributed by atoms with Gasteiger partial charge in [0.05, 0.1) is 10.9 Å². The van der Waals surface area contributed by atoms with Gasteiger partial charge in [-0.2, -0.15) is 0 Å². The Hall–Kier alpha value is -2.01. The quantitative estimate of drug-likeness (QED) is 0.666. The molecule has 110 valence electrons. The Morgan fingerprint density at radius 2 is 1.90 bits per heavy atom. The first-order valence-electron chi connectivity index (χ1n) is 6.55. The number of aryl methyl sites for hydroxylation is 1. The molecule has 0 saturated heterocycles. The SMILES string of the molecule is Cc1ccc(SC(C)C(=O)Nc2ccc(F)c(N)c2)cc1. The Morgan fingerprint density at radius 3 is 2.52 bits per heavy atom. The lowest BCUT2D eigenvalue weighted by molar-refractivity contribution is -0.115. The molecule has 0 aliphatic rings. The zero-order valence-corrected chi connectivity index (χ0v) is 12.7. The van der Waals surface area contributed by atoms with Gasteiger partial charge in [0.1, 0.15) is 5.82 Å². The molecule has 5 heteroatoms. The maximum atomic E-state index is 13.1. The molecule has 21 heavy (non-hydrogen) atoms. The van der Waals surface area contributed by atoms with E-state index in [0.717, 1.165) is 4.90 Å².